The highest BCUT2D eigenvalue weighted by molar-refractivity contribution is 5.94. The molecule has 3 amide bonds. The Balaban J connectivity index is 3.20. The van der Waals surface area contributed by atoms with Gasteiger partial charge in [-0.25, -0.2) is 4.79 Å². The zero-order chi connectivity index (χ0) is 29.0. The van der Waals surface area contributed by atoms with Crippen molar-refractivity contribution in [3.63, 3.8) is 0 Å². The Morgan fingerprint density at radius 1 is 0.868 bits per heavy atom. The van der Waals surface area contributed by atoms with Crippen LogP contribution in [0.1, 0.15) is 58.9 Å². The Bertz CT molecular complexity index is 966. The van der Waals surface area contributed by atoms with Crippen LogP contribution in [0.3, 0.4) is 0 Å². The number of carboxylic acid groups (broad SMARTS) is 2. The van der Waals surface area contributed by atoms with Gasteiger partial charge in [-0.15, -0.1) is 0 Å². The summed E-state index contributed by atoms with van der Waals surface area (Å²) in [5.41, 5.74) is 6.47. The SMILES string of the molecule is CCC(C)C(NC(=O)C(Cc1ccc(O)cc1)NC(=O)C(CCC(=O)O)NC(=O)C(N)CC(C)C)C(=O)O. The first-order valence-electron chi connectivity index (χ1n) is 12.6. The Kier molecular flexibility index (Phi) is 13.2. The van der Waals surface area contributed by atoms with Gasteiger partial charge in [-0.1, -0.05) is 46.2 Å². The van der Waals surface area contributed by atoms with E-state index < -0.39 is 66.2 Å². The van der Waals surface area contributed by atoms with Crippen LogP contribution in [0.5, 0.6) is 5.75 Å². The molecule has 0 aliphatic heterocycles. The molecule has 5 atom stereocenters. The molecule has 1 aromatic carbocycles. The predicted molar refractivity (Wildman–Crippen MR) is 139 cm³/mol. The zero-order valence-electron chi connectivity index (χ0n) is 22.3. The monoisotopic (exact) mass is 536 g/mol. The van der Waals surface area contributed by atoms with Gasteiger partial charge in [0.2, 0.25) is 17.7 Å². The average Bonchev–Trinajstić information content (AvgIpc) is 2.84. The molecule has 0 bridgehead atoms. The number of phenols is 1. The number of nitrogens with one attached hydrogen (secondary N) is 3. The highest BCUT2D eigenvalue weighted by Crippen LogP contribution is 2.14. The number of hydrogen-bond acceptors (Lipinski definition) is 7. The molecule has 12 heteroatoms. The van der Waals surface area contributed by atoms with Gasteiger partial charge >= 0.3 is 11.9 Å². The van der Waals surface area contributed by atoms with Gasteiger partial charge in [-0.2, -0.15) is 0 Å². The Labute approximate surface area is 222 Å². The van der Waals surface area contributed by atoms with Crippen LogP contribution in [-0.2, 0) is 30.4 Å². The quantitative estimate of drug-likeness (QED) is 0.159. The second kappa shape index (κ2) is 15.6. The molecule has 212 valence electrons. The normalized spacial score (nSPS) is 15.0. The summed E-state index contributed by atoms with van der Waals surface area (Å²) in [4.78, 5) is 61.9. The first kappa shape index (κ1) is 32.4. The fourth-order valence-electron chi connectivity index (χ4n) is 3.72. The van der Waals surface area contributed by atoms with Crippen molar-refractivity contribution in [3.05, 3.63) is 29.8 Å². The smallest absolute Gasteiger partial charge is 0.326 e. The molecule has 0 spiro atoms. The summed E-state index contributed by atoms with van der Waals surface area (Å²) in [6, 6.07) is 1.21. The number of amides is 3. The molecular formula is C26H40N4O8. The van der Waals surface area contributed by atoms with Gasteiger partial charge in [0.05, 0.1) is 6.04 Å². The van der Waals surface area contributed by atoms with Gasteiger partial charge in [-0.05, 0) is 42.4 Å². The molecule has 8 N–H and O–H groups in total. The van der Waals surface area contributed by atoms with Crippen molar-refractivity contribution in [2.45, 2.75) is 84.0 Å². The second-order valence-electron chi connectivity index (χ2n) is 9.87. The molecule has 0 saturated carbocycles. The molecule has 0 aromatic heterocycles. The van der Waals surface area contributed by atoms with Crippen molar-refractivity contribution in [1.82, 2.24) is 16.0 Å². The fraction of sp³-hybridized carbons (Fsp3) is 0.577. The number of benzene rings is 1. The number of carboxylic acids is 2. The molecule has 1 rings (SSSR count). The zero-order valence-corrected chi connectivity index (χ0v) is 22.3. The lowest BCUT2D eigenvalue weighted by molar-refractivity contribution is -0.143. The first-order chi connectivity index (χ1) is 17.7. The van der Waals surface area contributed by atoms with E-state index in [1.165, 1.54) is 12.1 Å². The summed E-state index contributed by atoms with van der Waals surface area (Å²) < 4.78 is 0. The minimum Gasteiger partial charge on any atom is -0.508 e. The van der Waals surface area contributed by atoms with Crippen molar-refractivity contribution in [1.29, 1.82) is 0 Å². The molecule has 0 heterocycles. The molecule has 0 fully saturated rings. The summed E-state index contributed by atoms with van der Waals surface area (Å²) in [6.07, 6.45) is 0.0850. The largest absolute Gasteiger partial charge is 0.508 e. The minimum absolute atomic E-state index is 0.00400. The van der Waals surface area contributed by atoms with Crippen molar-refractivity contribution in [2.24, 2.45) is 17.6 Å². The summed E-state index contributed by atoms with van der Waals surface area (Å²) in [7, 11) is 0. The third kappa shape index (κ3) is 11.2. The Morgan fingerprint density at radius 2 is 1.42 bits per heavy atom. The van der Waals surface area contributed by atoms with E-state index in [9.17, 15) is 34.2 Å². The van der Waals surface area contributed by atoms with E-state index in [1.807, 2.05) is 13.8 Å². The van der Waals surface area contributed by atoms with Crippen molar-refractivity contribution >= 4 is 29.7 Å². The summed E-state index contributed by atoms with van der Waals surface area (Å²) >= 11 is 0. The van der Waals surface area contributed by atoms with Gasteiger partial charge < -0.3 is 37.0 Å². The van der Waals surface area contributed by atoms with Gasteiger partial charge in [0.1, 0.15) is 23.9 Å². The lowest BCUT2D eigenvalue weighted by Crippen LogP contribution is -2.58. The number of nitrogens with two attached hydrogens (primary N) is 1. The molecule has 0 aliphatic rings. The van der Waals surface area contributed by atoms with Crippen LogP contribution in [0.4, 0.5) is 0 Å². The van der Waals surface area contributed by atoms with Gasteiger partial charge in [0, 0.05) is 12.8 Å². The second-order valence-corrected chi connectivity index (χ2v) is 9.87. The molecule has 1 aromatic rings. The van der Waals surface area contributed by atoms with Gasteiger partial charge in [0.25, 0.3) is 0 Å². The molecule has 38 heavy (non-hydrogen) atoms. The number of carbonyl (C=O) groups is 5. The van der Waals surface area contributed by atoms with E-state index in [-0.39, 0.29) is 24.5 Å². The molecule has 12 nitrogen and oxygen atoms in total. The summed E-state index contributed by atoms with van der Waals surface area (Å²) in [6.45, 7) is 7.20. The highest BCUT2D eigenvalue weighted by atomic mass is 16.4. The van der Waals surface area contributed by atoms with Crippen LogP contribution < -0.4 is 21.7 Å². The summed E-state index contributed by atoms with van der Waals surface area (Å²) in [5, 5.41) is 35.7. The number of hydrogen-bond donors (Lipinski definition) is 7. The van der Waals surface area contributed by atoms with Crippen LogP contribution >= 0.6 is 0 Å². The van der Waals surface area contributed by atoms with Crippen LogP contribution in [0.25, 0.3) is 0 Å². The molecule has 0 aliphatic carbocycles. The average molecular weight is 537 g/mol. The Hall–Kier alpha value is -3.67. The predicted octanol–water partition coefficient (Wildman–Crippen LogP) is 0.758. The topological polar surface area (TPSA) is 208 Å². The van der Waals surface area contributed by atoms with Crippen LogP contribution in [0.2, 0.25) is 0 Å². The molecular weight excluding hydrogens is 496 g/mol. The maximum Gasteiger partial charge on any atom is 0.326 e. The van der Waals surface area contributed by atoms with Crippen molar-refractivity contribution in [2.75, 3.05) is 0 Å². The van der Waals surface area contributed by atoms with Crippen molar-refractivity contribution in [3.8, 4) is 5.75 Å². The lowest BCUT2D eigenvalue weighted by Gasteiger charge is -2.26. The van der Waals surface area contributed by atoms with Crippen LogP contribution in [-0.4, -0.2) is 69.1 Å². The lowest BCUT2D eigenvalue weighted by atomic mass is 9.98. The third-order valence-corrected chi connectivity index (χ3v) is 6.13. The molecule has 0 saturated heterocycles. The van der Waals surface area contributed by atoms with E-state index >= 15 is 0 Å². The number of rotatable bonds is 16. The number of aliphatic carboxylic acids is 2. The molecule has 0 radical (unpaired) electrons. The number of carbonyl (C=O) groups excluding carboxylic acids is 3. The fourth-order valence-corrected chi connectivity index (χ4v) is 3.72. The maximum atomic E-state index is 13.2. The van der Waals surface area contributed by atoms with E-state index in [0.717, 1.165) is 0 Å². The van der Waals surface area contributed by atoms with E-state index in [4.69, 9.17) is 10.8 Å². The third-order valence-electron chi connectivity index (χ3n) is 6.13. The van der Waals surface area contributed by atoms with E-state index in [0.29, 0.717) is 18.4 Å². The summed E-state index contributed by atoms with van der Waals surface area (Å²) in [5.74, 6) is -4.92. The number of phenolic OH excluding ortho intramolecular Hbond substituents is 1. The molecule has 5 unspecified atom stereocenters. The van der Waals surface area contributed by atoms with E-state index in [2.05, 4.69) is 16.0 Å². The van der Waals surface area contributed by atoms with E-state index in [1.54, 1.807) is 26.0 Å². The van der Waals surface area contributed by atoms with Gasteiger partial charge in [-0.3, -0.25) is 19.2 Å². The Morgan fingerprint density at radius 3 is 1.92 bits per heavy atom. The minimum atomic E-state index is -1.29. The first-order valence-corrected chi connectivity index (χ1v) is 12.6. The maximum absolute atomic E-state index is 13.2. The van der Waals surface area contributed by atoms with Crippen LogP contribution in [0.15, 0.2) is 24.3 Å². The standard InChI is InChI=1S/C26H40N4O8/c1-5-15(4)22(26(37)38)30-25(36)20(13-16-6-8-17(31)9-7-16)29-24(35)19(10-11-21(32)33)28-23(34)18(27)12-14(2)3/h6-9,14-15,18-20,22,31H,5,10-13,27H2,1-4H3,(H,28,34)(H,29,35)(H,30,36)(H,32,33)(H,37,38). The highest BCUT2D eigenvalue weighted by Gasteiger charge is 2.32. The van der Waals surface area contributed by atoms with Gasteiger partial charge in [0.15, 0.2) is 0 Å². The number of aromatic hydroxyl groups is 1. The van der Waals surface area contributed by atoms with Crippen molar-refractivity contribution < 1.29 is 39.3 Å². The van der Waals surface area contributed by atoms with Crippen LogP contribution in [0, 0.1) is 11.8 Å².